The Labute approximate surface area is 93.2 Å². The van der Waals surface area contributed by atoms with E-state index in [0.29, 0.717) is 19.1 Å². The highest BCUT2D eigenvalue weighted by molar-refractivity contribution is 6.03. The molecule has 0 saturated heterocycles. The summed E-state index contributed by atoms with van der Waals surface area (Å²) in [6, 6.07) is 1.70. The lowest BCUT2D eigenvalue weighted by Gasteiger charge is -2.25. The molecule has 0 radical (unpaired) electrons. The van der Waals surface area contributed by atoms with Gasteiger partial charge in [-0.05, 0) is 25.1 Å². The van der Waals surface area contributed by atoms with E-state index in [2.05, 4.69) is 0 Å². The van der Waals surface area contributed by atoms with E-state index in [4.69, 9.17) is 5.73 Å². The average molecular weight is 253 g/mol. The Morgan fingerprint density at radius 1 is 1.18 bits per heavy atom. The van der Waals surface area contributed by atoms with E-state index in [9.17, 15) is 26.7 Å². The van der Waals surface area contributed by atoms with Crippen LogP contribution in [0.5, 0.6) is 0 Å². The molecule has 1 atom stereocenters. The largest absolute Gasteiger partial charge is 0.413 e. The molecule has 1 rings (SSSR count). The van der Waals surface area contributed by atoms with Gasteiger partial charge in [0.25, 0.3) is 0 Å². The van der Waals surface area contributed by atoms with Gasteiger partial charge >= 0.3 is 6.18 Å². The summed E-state index contributed by atoms with van der Waals surface area (Å²) in [5, 5.41) is 0. The van der Waals surface area contributed by atoms with Crippen LogP contribution in [0.4, 0.5) is 22.0 Å². The monoisotopic (exact) mass is 253 g/mol. The number of benzene rings is 1. The number of halogens is 5. The van der Waals surface area contributed by atoms with Gasteiger partial charge in [0.15, 0.2) is 23.0 Å². The molecular formula is C10H8F5NO. The van der Waals surface area contributed by atoms with E-state index in [-0.39, 0.29) is 0 Å². The van der Waals surface area contributed by atoms with Crippen LogP contribution >= 0.6 is 0 Å². The first-order valence-corrected chi connectivity index (χ1v) is 4.43. The zero-order valence-corrected chi connectivity index (χ0v) is 8.61. The van der Waals surface area contributed by atoms with Crippen molar-refractivity contribution in [3.63, 3.8) is 0 Å². The molecule has 7 heteroatoms. The summed E-state index contributed by atoms with van der Waals surface area (Å²) in [5.41, 5.74) is 1.09. The molecule has 1 aromatic rings. The van der Waals surface area contributed by atoms with Gasteiger partial charge in [0.2, 0.25) is 0 Å². The fourth-order valence-corrected chi connectivity index (χ4v) is 1.07. The molecule has 0 aromatic heterocycles. The van der Waals surface area contributed by atoms with Gasteiger partial charge in [-0.25, -0.2) is 8.78 Å². The lowest BCUT2D eigenvalue weighted by Crippen LogP contribution is -2.57. The highest BCUT2D eigenvalue weighted by Gasteiger charge is 2.53. The molecule has 0 aliphatic rings. The Morgan fingerprint density at radius 2 is 1.71 bits per heavy atom. The quantitative estimate of drug-likeness (QED) is 0.649. The third-order valence-electron chi connectivity index (χ3n) is 2.24. The molecule has 0 amide bonds. The van der Waals surface area contributed by atoms with Crippen molar-refractivity contribution in [3.8, 4) is 0 Å². The molecular weight excluding hydrogens is 245 g/mol. The molecule has 94 valence electrons. The van der Waals surface area contributed by atoms with Crippen molar-refractivity contribution in [2.24, 2.45) is 5.73 Å². The number of Topliss-reactive ketones (excluding diaryl/α,β-unsaturated/α-hetero) is 1. The fourth-order valence-electron chi connectivity index (χ4n) is 1.07. The molecule has 0 aliphatic heterocycles. The van der Waals surface area contributed by atoms with Gasteiger partial charge in [0.1, 0.15) is 0 Å². The van der Waals surface area contributed by atoms with E-state index in [1.54, 1.807) is 0 Å². The number of alkyl halides is 3. The van der Waals surface area contributed by atoms with Gasteiger partial charge in [-0.2, -0.15) is 13.2 Å². The van der Waals surface area contributed by atoms with E-state index >= 15 is 0 Å². The van der Waals surface area contributed by atoms with Gasteiger partial charge in [0.05, 0.1) is 0 Å². The van der Waals surface area contributed by atoms with E-state index in [1.807, 2.05) is 0 Å². The molecule has 0 spiro atoms. The van der Waals surface area contributed by atoms with Crippen LogP contribution < -0.4 is 5.73 Å². The predicted octanol–water partition coefficient (Wildman–Crippen LogP) is 2.43. The van der Waals surface area contributed by atoms with Crippen molar-refractivity contribution in [2.75, 3.05) is 0 Å². The Kier molecular flexibility index (Phi) is 3.24. The SMILES string of the molecule is CC(N)(C(=O)c1ccc(F)c(F)c1)C(F)(F)F. The molecule has 0 saturated carbocycles. The van der Waals surface area contributed by atoms with Crippen LogP contribution in [0, 0.1) is 11.6 Å². The zero-order chi connectivity index (χ0) is 13.4. The van der Waals surface area contributed by atoms with E-state index in [0.717, 1.165) is 6.07 Å². The predicted molar refractivity (Wildman–Crippen MR) is 49.3 cm³/mol. The van der Waals surface area contributed by atoms with Gasteiger partial charge in [-0.3, -0.25) is 4.79 Å². The molecule has 0 bridgehead atoms. The lowest BCUT2D eigenvalue weighted by molar-refractivity contribution is -0.165. The van der Waals surface area contributed by atoms with Gasteiger partial charge in [-0.15, -0.1) is 0 Å². The molecule has 17 heavy (non-hydrogen) atoms. The minimum Gasteiger partial charge on any atom is -0.311 e. The molecule has 2 nitrogen and oxygen atoms in total. The topological polar surface area (TPSA) is 43.1 Å². The molecule has 0 heterocycles. The van der Waals surface area contributed by atoms with Crippen molar-refractivity contribution in [1.82, 2.24) is 0 Å². The first kappa shape index (κ1) is 13.6. The van der Waals surface area contributed by atoms with Crippen molar-refractivity contribution >= 4 is 5.78 Å². The van der Waals surface area contributed by atoms with E-state index < -0.39 is 34.7 Å². The second-order valence-corrected chi connectivity index (χ2v) is 3.66. The van der Waals surface area contributed by atoms with Crippen LogP contribution in [0.25, 0.3) is 0 Å². The smallest absolute Gasteiger partial charge is 0.311 e. The number of carbonyl (C=O) groups excluding carboxylic acids is 1. The number of ketones is 1. The van der Waals surface area contributed by atoms with Crippen molar-refractivity contribution in [2.45, 2.75) is 18.6 Å². The highest BCUT2D eigenvalue weighted by Crippen LogP contribution is 2.31. The van der Waals surface area contributed by atoms with Crippen molar-refractivity contribution in [1.29, 1.82) is 0 Å². The van der Waals surface area contributed by atoms with Crippen molar-refractivity contribution in [3.05, 3.63) is 35.4 Å². The summed E-state index contributed by atoms with van der Waals surface area (Å²) in [6.07, 6.45) is -4.98. The first-order valence-electron chi connectivity index (χ1n) is 4.43. The number of hydrogen-bond donors (Lipinski definition) is 1. The Balaban J connectivity index is 3.17. The second-order valence-electron chi connectivity index (χ2n) is 3.66. The second kappa shape index (κ2) is 4.06. The Morgan fingerprint density at radius 3 is 2.12 bits per heavy atom. The summed E-state index contributed by atoms with van der Waals surface area (Å²) in [6.45, 7) is 0.469. The summed E-state index contributed by atoms with van der Waals surface area (Å²) in [4.78, 5) is 11.4. The maximum atomic E-state index is 12.8. The molecule has 1 aromatic carbocycles. The highest BCUT2D eigenvalue weighted by atomic mass is 19.4. The van der Waals surface area contributed by atoms with Gasteiger partial charge in [0, 0.05) is 5.56 Å². The van der Waals surface area contributed by atoms with Crippen LogP contribution in [0.3, 0.4) is 0 Å². The van der Waals surface area contributed by atoms with Crippen LogP contribution in [0.1, 0.15) is 17.3 Å². The number of rotatable bonds is 2. The lowest BCUT2D eigenvalue weighted by atomic mass is 9.91. The maximum Gasteiger partial charge on any atom is 0.413 e. The first-order chi connectivity index (χ1) is 7.57. The minimum absolute atomic E-state index is 0.383. The summed E-state index contributed by atoms with van der Waals surface area (Å²) in [7, 11) is 0. The number of carbonyl (C=O) groups is 1. The van der Waals surface area contributed by atoms with Gasteiger partial charge in [-0.1, -0.05) is 0 Å². The van der Waals surface area contributed by atoms with Crippen LogP contribution in [0.15, 0.2) is 18.2 Å². The van der Waals surface area contributed by atoms with Crippen LogP contribution in [0.2, 0.25) is 0 Å². The Bertz CT molecular complexity index is 452. The standard InChI is InChI=1S/C10H8F5NO/c1-9(16,10(13,14)15)8(17)5-2-3-6(11)7(12)4-5/h2-4H,16H2,1H3. The summed E-state index contributed by atoms with van der Waals surface area (Å²) in [5.74, 6) is -4.19. The Hall–Kier alpha value is -1.50. The third-order valence-corrected chi connectivity index (χ3v) is 2.24. The van der Waals surface area contributed by atoms with Crippen LogP contribution in [-0.4, -0.2) is 17.5 Å². The number of nitrogens with two attached hydrogens (primary N) is 1. The average Bonchev–Trinajstić information content (AvgIpc) is 2.19. The summed E-state index contributed by atoms with van der Waals surface area (Å²) >= 11 is 0. The zero-order valence-electron chi connectivity index (χ0n) is 8.61. The summed E-state index contributed by atoms with van der Waals surface area (Å²) < 4.78 is 62.6. The third kappa shape index (κ3) is 2.44. The fraction of sp³-hybridized carbons (Fsp3) is 0.300. The minimum atomic E-state index is -4.98. The molecule has 2 N–H and O–H groups in total. The number of hydrogen-bond acceptors (Lipinski definition) is 2. The van der Waals surface area contributed by atoms with Crippen molar-refractivity contribution < 1.29 is 26.7 Å². The normalized spacial score (nSPS) is 15.5. The molecule has 0 fully saturated rings. The maximum absolute atomic E-state index is 12.8. The van der Waals surface area contributed by atoms with Crippen LogP contribution in [-0.2, 0) is 0 Å². The molecule has 0 aliphatic carbocycles. The van der Waals surface area contributed by atoms with E-state index in [1.165, 1.54) is 0 Å². The van der Waals surface area contributed by atoms with Gasteiger partial charge < -0.3 is 5.73 Å². The molecule has 1 unspecified atom stereocenters.